The Hall–Kier alpha value is -0.650. The monoisotopic (exact) mass is 414 g/mol. The number of rotatable bonds is 7. The number of pyridine rings is 1. The molecule has 5 heteroatoms. The summed E-state index contributed by atoms with van der Waals surface area (Å²) in [5.41, 5.74) is 0.883. The zero-order chi connectivity index (χ0) is 15.2. The molecule has 2 aromatic rings. The van der Waals surface area contributed by atoms with Crippen LogP contribution in [0.3, 0.4) is 0 Å². The normalized spacial score (nSPS) is 11.3. The van der Waals surface area contributed by atoms with Gasteiger partial charge in [0.15, 0.2) is 5.75 Å². The van der Waals surface area contributed by atoms with E-state index in [0.717, 1.165) is 45.1 Å². The van der Waals surface area contributed by atoms with E-state index in [0.29, 0.717) is 12.5 Å². The lowest BCUT2D eigenvalue weighted by molar-refractivity contribution is 0.308. The molecule has 0 saturated carbocycles. The molecule has 0 atom stereocenters. The Balaban J connectivity index is 1.99. The first-order valence-electron chi connectivity index (χ1n) is 7.16. The lowest BCUT2D eigenvalue weighted by Gasteiger charge is -2.12. The van der Waals surface area contributed by atoms with Gasteiger partial charge in [-0.3, -0.25) is 4.98 Å². The van der Waals surface area contributed by atoms with E-state index in [4.69, 9.17) is 4.74 Å². The molecule has 1 heterocycles. The third-order valence-electron chi connectivity index (χ3n) is 3.05. The minimum Gasteiger partial charge on any atom is -0.490 e. The van der Waals surface area contributed by atoms with Crippen molar-refractivity contribution in [2.75, 3.05) is 19.7 Å². The maximum Gasteiger partial charge on any atom is 0.159 e. The van der Waals surface area contributed by atoms with Gasteiger partial charge in [-0.05, 0) is 53.5 Å². The van der Waals surface area contributed by atoms with Gasteiger partial charge in [-0.15, -0.1) is 0 Å². The van der Waals surface area contributed by atoms with Crippen LogP contribution in [-0.4, -0.2) is 24.7 Å². The summed E-state index contributed by atoms with van der Waals surface area (Å²) >= 11 is 7.12. The lowest BCUT2D eigenvalue weighted by atomic mass is 10.2. The Bertz CT molecular complexity index is 602. The highest BCUT2D eigenvalue weighted by atomic mass is 79.9. The number of ether oxygens (including phenoxy) is 1. The number of fused-ring (bicyclic) bond motifs is 1. The summed E-state index contributed by atoms with van der Waals surface area (Å²) in [6.45, 7) is 7.11. The molecule has 0 bridgehead atoms. The maximum absolute atomic E-state index is 5.94. The Morgan fingerprint density at radius 1 is 1.29 bits per heavy atom. The molecule has 2 rings (SSSR count). The zero-order valence-corrected chi connectivity index (χ0v) is 15.5. The molecule has 0 aliphatic heterocycles. The number of hydrogen-bond acceptors (Lipinski definition) is 3. The van der Waals surface area contributed by atoms with E-state index < -0.39 is 0 Å². The quantitative estimate of drug-likeness (QED) is 0.661. The van der Waals surface area contributed by atoms with E-state index in [1.807, 2.05) is 18.2 Å². The second-order valence-corrected chi connectivity index (χ2v) is 7.08. The van der Waals surface area contributed by atoms with Crippen LogP contribution in [0.15, 0.2) is 33.3 Å². The number of hydrogen-bond donors (Lipinski definition) is 1. The highest BCUT2D eigenvalue weighted by Crippen LogP contribution is 2.37. The number of nitrogens with zero attached hydrogens (tertiary/aromatic N) is 1. The van der Waals surface area contributed by atoms with Crippen molar-refractivity contribution in [1.82, 2.24) is 10.3 Å². The van der Waals surface area contributed by atoms with Gasteiger partial charge in [0.1, 0.15) is 5.52 Å². The summed E-state index contributed by atoms with van der Waals surface area (Å²) in [4.78, 5) is 4.44. The number of nitrogens with one attached hydrogen (secondary N) is 1. The van der Waals surface area contributed by atoms with Gasteiger partial charge in [-0.25, -0.2) is 0 Å². The van der Waals surface area contributed by atoms with Crippen LogP contribution in [0.4, 0.5) is 0 Å². The van der Waals surface area contributed by atoms with Gasteiger partial charge >= 0.3 is 0 Å². The molecule has 0 radical (unpaired) electrons. The van der Waals surface area contributed by atoms with Gasteiger partial charge in [0.2, 0.25) is 0 Å². The van der Waals surface area contributed by atoms with Gasteiger partial charge in [-0.2, -0.15) is 0 Å². The van der Waals surface area contributed by atoms with Crippen molar-refractivity contribution in [3.63, 3.8) is 0 Å². The molecule has 1 aromatic heterocycles. The predicted molar refractivity (Wildman–Crippen MR) is 95.0 cm³/mol. The summed E-state index contributed by atoms with van der Waals surface area (Å²) in [5.74, 6) is 1.50. The fourth-order valence-electron chi connectivity index (χ4n) is 2.05. The first-order chi connectivity index (χ1) is 10.1. The van der Waals surface area contributed by atoms with Crippen molar-refractivity contribution in [3.05, 3.63) is 33.3 Å². The van der Waals surface area contributed by atoms with E-state index >= 15 is 0 Å². The third kappa shape index (κ3) is 4.66. The predicted octanol–water partition coefficient (Wildman–Crippen LogP) is 4.77. The van der Waals surface area contributed by atoms with Crippen molar-refractivity contribution in [3.8, 4) is 5.75 Å². The van der Waals surface area contributed by atoms with Crippen LogP contribution in [-0.2, 0) is 0 Å². The van der Waals surface area contributed by atoms with Crippen LogP contribution in [0, 0.1) is 5.92 Å². The second kappa shape index (κ2) is 8.11. The Morgan fingerprint density at radius 2 is 2.10 bits per heavy atom. The molecule has 1 aromatic carbocycles. The number of benzene rings is 1. The molecule has 1 N–H and O–H groups in total. The smallest absolute Gasteiger partial charge is 0.159 e. The molecular formula is C16H20Br2N2O. The van der Waals surface area contributed by atoms with Crippen LogP contribution in [0.25, 0.3) is 10.9 Å². The van der Waals surface area contributed by atoms with Gasteiger partial charge in [0.25, 0.3) is 0 Å². The average molecular weight is 416 g/mol. The summed E-state index contributed by atoms with van der Waals surface area (Å²) in [6, 6.07) is 5.98. The molecule has 3 nitrogen and oxygen atoms in total. The fourth-order valence-corrected chi connectivity index (χ4v) is 3.43. The largest absolute Gasteiger partial charge is 0.490 e. The van der Waals surface area contributed by atoms with Gasteiger partial charge in [0, 0.05) is 16.1 Å². The van der Waals surface area contributed by atoms with Crippen molar-refractivity contribution >= 4 is 42.8 Å². The van der Waals surface area contributed by atoms with Crippen LogP contribution in [0.5, 0.6) is 5.75 Å². The van der Waals surface area contributed by atoms with Gasteiger partial charge in [0.05, 0.1) is 11.1 Å². The van der Waals surface area contributed by atoms with E-state index in [1.165, 1.54) is 0 Å². The Kier molecular flexibility index (Phi) is 6.45. The van der Waals surface area contributed by atoms with Crippen molar-refractivity contribution in [2.45, 2.75) is 20.3 Å². The average Bonchev–Trinajstić information content (AvgIpc) is 2.45. The van der Waals surface area contributed by atoms with Gasteiger partial charge < -0.3 is 10.1 Å². The molecule has 0 saturated heterocycles. The molecule has 0 amide bonds. The van der Waals surface area contributed by atoms with Gasteiger partial charge in [-0.1, -0.05) is 35.8 Å². The van der Waals surface area contributed by atoms with Crippen LogP contribution in [0.2, 0.25) is 0 Å². The highest BCUT2D eigenvalue weighted by molar-refractivity contribution is 9.11. The van der Waals surface area contributed by atoms with Crippen LogP contribution in [0.1, 0.15) is 20.3 Å². The molecule has 0 aliphatic carbocycles. The minimum atomic E-state index is 0.678. The summed E-state index contributed by atoms with van der Waals surface area (Å²) < 4.78 is 7.89. The first-order valence-corrected chi connectivity index (χ1v) is 8.74. The van der Waals surface area contributed by atoms with E-state index in [-0.39, 0.29) is 0 Å². The van der Waals surface area contributed by atoms with E-state index in [1.54, 1.807) is 6.20 Å². The summed E-state index contributed by atoms with van der Waals surface area (Å²) in [6.07, 6.45) is 2.77. The summed E-state index contributed by atoms with van der Waals surface area (Å²) in [7, 11) is 0. The molecule has 0 fully saturated rings. The Labute approximate surface area is 142 Å². The lowest BCUT2D eigenvalue weighted by Crippen LogP contribution is -2.22. The standard InChI is InChI=1S/C16H20Br2N2O/c1-11(2)10-19-6-4-8-21-16-14(18)9-13(17)12-5-3-7-20-15(12)16/h3,5,7,9,11,19H,4,6,8,10H2,1-2H3. The summed E-state index contributed by atoms with van der Waals surface area (Å²) in [5, 5.41) is 4.48. The maximum atomic E-state index is 5.94. The van der Waals surface area contributed by atoms with E-state index in [2.05, 4.69) is 56.0 Å². The molecule has 0 unspecified atom stereocenters. The first kappa shape index (κ1) is 16.7. The van der Waals surface area contributed by atoms with Crippen LogP contribution < -0.4 is 10.1 Å². The van der Waals surface area contributed by atoms with Crippen molar-refractivity contribution in [2.24, 2.45) is 5.92 Å². The topological polar surface area (TPSA) is 34.1 Å². The minimum absolute atomic E-state index is 0.678. The van der Waals surface area contributed by atoms with E-state index in [9.17, 15) is 0 Å². The molecule has 0 aliphatic rings. The van der Waals surface area contributed by atoms with Crippen molar-refractivity contribution < 1.29 is 4.74 Å². The third-order valence-corrected chi connectivity index (χ3v) is 4.29. The molecule has 114 valence electrons. The fraction of sp³-hybridized carbons (Fsp3) is 0.438. The Morgan fingerprint density at radius 3 is 2.86 bits per heavy atom. The second-order valence-electron chi connectivity index (χ2n) is 5.37. The molecule has 0 spiro atoms. The zero-order valence-electron chi connectivity index (χ0n) is 12.3. The van der Waals surface area contributed by atoms with Crippen LogP contribution >= 0.6 is 31.9 Å². The van der Waals surface area contributed by atoms with Crippen molar-refractivity contribution in [1.29, 1.82) is 0 Å². The molecular weight excluding hydrogens is 396 g/mol. The highest BCUT2D eigenvalue weighted by Gasteiger charge is 2.11. The number of halogens is 2. The number of aromatic nitrogens is 1. The SMILES string of the molecule is CC(C)CNCCCOc1c(Br)cc(Br)c2cccnc12. The molecule has 21 heavy (non-hydrogen) atoms.